The van der Waals surface area contributed by atoms with Crippen LogP contribution in [0.25, 0.3) is 0 Å². The van der Waals surface area contributed by atoms with Gasteiger partial charge in [-0.1, -0.05) is 19.1 Å². The number of nitrogens with zero attached hydrogens (tertiary/aromatic N) is 1. The van der Waals surface area contributed by atoms with Crippen LogP contribution < -0.4 is 5.32 Å². The van der Waals surface area contributed by atoms with Crippen molar-refractivity contribution >= 4 is 5.91 Å². The van der Waals surface area contributed by atoms with E-state index < -0.39 is 0 Å². The van der Waals surface area contributed by atoms with Crippen LogP contribution in [0.5, 0.6) is 0 Å². The SMILES string of the molecule is CCc1ccc(C(=O)N2CC[C@@H](CNC)C2)cc1. The normalized spacial score (nSPS) is 19.2. The molecule has 1 heterocycles. The Bertz CT molecular complexity index is 399. The highest BCUT2D eigenvalue weighted by Crippen LogP contribution is 2.18. The van der Waals surface area contributed by atoms with Gasteiger partial charge in [-0.2, -0.15) is 0 Å². The van der Waals surface area contributed by atoms with Crippen molar-refractivity contribution < 1.29 is 4.79 Å². The maximum absolute atomic E-state index is 12.3. The molecule has 0 aromatic heterocycles. The molecule has 0 bridgehead atoms. The number of amides is 1. The first-order chi connectivity index (χ1) is 8.74. The Morgan fingerprint density at radius 3 is 2.72 bits per heavy atom. The summed E-state index contributed by atoms with van der Waals surface area (Å²) in [6, 6.07) is 8.00. The lowest BCUT2D eigenvalue weighted by molar-refractivity contribution is 0.0787. The van der Waals surface area contributed by atoms with Crippen molar-refractivity contribution in [3.63, 3.8) is 0 Å². The van der Waals surface area contributed by atoms with Crippen molar-refractivity contribution in [2.45, 2.75) is 19.8 Å². The van der Waals surface area contributed by atoms with E-state index in [-0.39, 0.29) is 5.91 Å². The maximum atomic E-state index is 12.3. The summed E-state index contributed by atoms with van der Waals surface area (Å²) in [6.07, 6.45) is 2.13. The molecule has 98 valence electrons. The van der Waals surface area contributed by atoms with Crippen LogP contribution in [0.15, 0.2) is 24.3 Å². The van der Waals surface area contributed by atoms with Gasteiger partial charge in [-0.15, -0.1) is 0 Å². The summed E-state index contributed by atoms with van der Waals surface area (Å²) in [5.41, 5.74) is 2.10. The minimum atomic E-state index is 0.177. The van der Waals surface area contributed by atoms with Crippen LogP contribution in [0.1, 0.15) is 29.3 Å². The molecular weight excluding hydrogens is 224 g/mol. The van der Waals surface area contributed by atoms with E-state index in [0.717, 1.165) is 38.0 Å². The van der Waals surface area contributed by atoms with E-state index in [1.807, 2.05) is 36.2 Å². The minimum absolute atomic E-state index is 0.177. The van der Waals surface area contributed by atoms with Gasteiger partial charge in [-0.3, -0.25) is 4.79 Å². The molecule has 1 aliphatic heterocycles. The molecule has 0 aliphatic carbocycles. The van der Waals surface area contributed by atoms with E-state index in [0.29, 0.717) is 5.92 Å². The van der Waals surface area contributed by atoms with Crippen LogP contribution in [-0.4, -0.2) is 37.5 Å². The van der Waals surface area contributed by atoms with Gasteiger partial charge in [0.15, 0.2) is 0 Å². The first kappa shape index (κ1) is 13.1. The fraction of sp³-hybridized carbons (Fsp3) is 0.533. The standard InChI is InChI=1S/C15H22N2O/c1-3-12-4-6-14(7-5-12)15(18)17-9-8-13(11-17)10-16-2/h4-7,13,16H,3,8-11H2,1-2H3/t13-/m0/s1. The van der Waals surface area contributed by atoms with Crippen molar-refractivity contribution in [2.75, 3.05) is 26.7 Å². The predicted octanol–water partition coefficient (Wildman–Crippen LogP) is 1.93. The number of likely N-dealkylation sites (tertiary alicyclic amines) is 1. The molecule has 0 unspecified atom stereocenters. The molecule has 0 saturated carbocycles. The molecule has 1 aliphatic rings. The number of nitrogens with one attached hydrogen (secondary N) is 1. The molecule has 1 N–H and O–H groups in total. The molecular formula is C15H22N2O. The summed E-state index contributed by atoms with van der Waals surface area (Å²) >= 11 is 0. The smallest absolute Gasteiger partial charge is 0.253 e. The molecule has 18 heavy (non-hydrogen) atoms. The third-order valence-corrected chi connectivity index (χ3v) is 3.67. The lowest BCUT2D eigenvalue weighted by Crippen LogP contribution is -2.30. The third-order valence-electron chi connectivity index (χ3n) is 3.67. The Labute approximate surface area is 109 Å². The van der Waals surface area contributed by atoms with Gasteiger partial charge in [0.05, 0.1) is 0 Å². The van der Waals surface area contributed by atoms with Crippen molar-refractivity contribution in [1.29, 1.82) is 0 Å². The van der Waals surface area contributed by atoms with Crippen molar-refractivity contribution in [3.8, 4) is 0 Å². The van der Waals surface area contributed by atoms with E-state index in [9.17, 15) is 4.79 Å². The number of carbonyl (C=O) groups excluding carboxylic acids is 1. The Hall–Kier alpha value is -1.35. The maximum Gasteiger partial charge on any atom is 0.253 e. The average molecular weight is 246 g/mol. The van der Waals surface area contributed by atoms with Gasteiger partial charge in [0.2, 0.25) is 0 Å². The fourth-order valence-electron chi connectivity index (χ4n) is 2.54. The van der Waals surface area contributed by atoms with E-state index in [2.05, 4.69) is 12.2 Å². The second kappa shape index (κ2) is 6.01. The van der Waals surface area contributed by atoms with Gasteiger partial charge < -0.3 is 10.2 Å². The molecule has 2 rings (SSSR count). The molecule has 0 radical (unpaired) electrons. The summed E-state index contributed by atoms with van der Waals surface area (Å²) < 4.78 is 0. The van der Waals surface area contributed by atoms with E-state index in [4.69, 9.17) is 0 Å². The number of aryl methyl sites for hydroxylation is 1. The first-order valence-corrected chi connectivity index (χ1v) is 6.77. The van der Waals surface area contributed by atoms with Crippen molar-refractivity contribution in [2.24, 2.45) is 5.92 Å². The average Bonchev–Trinajstić information content (AvgIpc) is 2.87. The van der Waals surface area contributed by atoms with Crippen LogP contribution in [0.2, 0.25) is 0 Å². The number of hydrogen-bond acceptors (Lipinski definition) is 2. The fourth-order valence-corrected chi connectivity index (χ4v) is 2.54. The van der Waals surface area contributed by atoms with Crippen LogP contribution in [0.4, 0.5) is 0 Å². The first-order valence-electron chi connectivity index (χ1n) is 6.77. The molecule has 3 heteroatoms. The van der Waals surface area contributed by atoms with Gasteiger partial charge in [-0.25, -0.2) is 0 Å². The highest BCUT2D eigenvalue weighted by atomic mass is 16.2. The molecule has 3 nitrogen and oxygen atoms in total. The van der Waals surface area contributed by atoms with Gasteiger partial charge in [0, 0.05) is 18.7 Å². The zero-order valence-electron chi connectivity index (χ0n) is 11.3. The molecule has 0 spiro atoms. The second-order valence-corrected chi connectivity index (χ2v) is 5.01. The monoisotopic (exact) mass is 246 g/mol. The number of rotatable bonds is 4. The zero-order chi connectivity index (χ0) is 13.0. The van der Waals surface area contributed by atoms with Crippen LogP contribution in [0.3, 0.4) is 0 Å². The van der Waals surface area contributed by atoms with Gasteiger partial charge in [0.1, 0.15) is 0 Å². The summed E-state index contributed by atoms with van der Waals surface area (Å²) in [6.45, 7) is 4.90. The molecule has 1 aromatic rings. The number of carbonyl (C=O) groups is 1. The summed E-state index contributed by atoms with van der Waals surface area (Å²) in [5.74, 6) is 0.783. The Morgan fingerprint density at radius 1 is 1.39 bits per heavy atom. The third kappa shape index (κ3) is 2.91. The number of hydrogen-bond donors (Lipinski definition) is 1. The predicted molar refractivity (Wildman–Crippen MR) is 73.8 cm³/mol. The molecule has 1 saturated heterocycles. The second-order valence-electron chi connectivity index (χ2n) is 5.01. The molecule has 1 aromatic carbocycles. The highest BCUT2D eigenvalue weighted by Gasteiger charge is 2.26. The van der Waals surface area contributed by atoms with Crippen LogP contribution in [0, 0.1) is 5.92 Å². The Morgan fingerprint density at radius 2 is 2.11 bits per heavy atom. The van der Waals surface area contributed by atoms with Gasteiger partial charge in [0.25, 0.3) is 5.91 Å². The van der Waals surface area contributed by atoms with E-state index >= 15 is 0 Å². The highest BCUT2D eigenvalue weighted by molar-refractivity contribution is 5.94. The largest absolute Gasteiger partial charge is 0.338 e. The lowest BCUT2D eigenvalue weighted by Gasteiger charge is -2.16. The molecule has 1 amide bonds. The molecule has 1 atom stereocenters. The van der Waals surface area contributed by atoms with Gasteiger partial charge in [-0.05, 0) is 50.0 Å². The lowest BCUT2D eigenvalue weighted by atomic mass is 10.1. The van der Waals surface area contributed by atoms with Crippen molar-refractivity contribution in [3.05, 3.63) is 35.4 Å². The summed E-state index contributed by atoms with van der Waals surface area (Å²) in [5, 5.41) is 3.19. The summed E-state index contributed by atoms with van der Waals surface area (Å²) in [4.78, 5) is 14.3. The van der Waals surface area contributed by atoms with Crippen LogP contribution in [-0.2, 0) is 6.42 Å². The Balaban J connectivity index is 1.98. The zero-order valence-corrected chi connectivity index (χ0v) is 11.3. The minimum Gasteiger partial charge on any atom is -0.338 e. The van der Waals surface area contributed by atoms with E-state index in [1.54, 1.807) is 0 Å². The van der Waals surface area contributed by atoms with Crippen LogP contribution >= 0.6 is 0 Å². The number of benzene rings is 1. The van der Waals surface area contributed by atoms with Gasteiger partial charge >= 0.3 is 0 Å². The van der Waals surface area contributed by atoms with Crippen molar-refractivity contribution in [1.82, 2.24) is 10.2 Å². The van der Waals surface area contributed by atoms with E-state index in [1.165, 1.54) is 5.56 Å². The molecule has 1 fully saturated rings. The topological polar surface area (TPSA) is 32.3 Å². The summed E-state index contributed by atoms with van der Waals surface area (Å²) in [7, 11) is 1.97. The quantitative estimate of drug-likeness (QED) is 0.880. The Kier molecular flexibility index (Phi) is 4.37.